The van der Waals surface area contributed by atoms with Crippen LogP contribution in [0.25, 0.3) is 5.95 Å². The normalized spacial score (nSPS) is 18.8. The van der Waals surface area contributed by atoms with Gasteiger partial charge in [-0.15, -0.1) is 0 Å². The van der Waals surface area contributed by atoms with Gasteiger partial charge < -0.3 is 10.6 Å². The standard InChI is InChI=1S/C11H16N8S/c1-12-9-16-10(15-8-3-2-4-20-5-8)18-11(17-9)19-7-13-6-14-19/h6-8H,2-5H2,1H3,(H2,12,15,16,17,18). The lowest BCUT2D eigenvalue weighted by Gasteiger charge is -2.22. The summed E-state index contributed by atoms with van der Waals surface area (Å²) in [5.74, 6) is 3.85. The van der Waals surface area contributed by atoms with Gasteiger partial charge in [-0.25, -0.2) is 4.98 Å². The van der Waals surface area contributed by atoms with Crippen LogP contribution in [0.2, 0.25) is 0 Å². The second kappa shape index (κ2) is 6.04. The van der Waals surface area contributed by atoms with Gasteiger partial charge in [0.1, 0.15) is 12.7 Å². The fraction of sp³-hybridized carbons (Fsp3) is 0.545. The molecule has 20 heavy (non-hydrogen) atoms. The van der Waals surface area contributed by atoms with Gasteiger partial charge in [0.25, 0.3) is 5.95 Å². The molecule has 2 aromatic rings. The summed E-state index contributed by atoms with van der Waals surface area (Å²) in [6, 6.07) is 0.407. The molecule has 2 aromatic heterocycles. The third-order valence-electron chi connectivity index (χ3n) is 2.96. The Morgan fingerprint density at radius 1 is 1.30 bits per heavy atom. The van der Waals surface area contributed by atoms with Crippen LogP contribution in [0.4, 0.5) is 11.9 Å². The minimum atomic E-state index is 0.407. The first kappa shape index (κ1) is 13.1. The van der Waals surface area contributed by atoms with Gasteiger partial charge >= 0.3 is 0 Å². The molecule has 3 heterocycles. The zero-order valence-corrected chi connectivity index (χ0v) is 12.0. The van der Waals surface area contributed by atoms with Gasteiger partial charge in [0, 0.05) is 18.8 Å². The molecule has 1 saturated heterocycles. The van der Waals surface area contributed by atoms with E-state index in [-0.39, 0.29) is 0 Å². The zero-order chi connectivity index (χ0) is 13.8. The first-order valence-corrected chi connectivity index (χ1v) is 7.64. The highest BCUT2D eigenvalue weighted by Crippen LogP contribution is 2.20. The molecule has 3 rings (SSSR count). The summed E-state index contributed by atoms with van der Waals surface area (Å²) in [4.78, 5) is 16.9. The summed E-state index contributed by atoms with van der Waals surface area (Å²) in [5, 5.41) is 10.4. The molecular formula is C11H16N8S. The molecule has 1 aliphatic heterocycles. The first-order chi connectivity index (χ1) is 9.85. The number of thioether (sulfide) groups is 1. The largest absolute Gasteiger partial charge is 0.357 e. The van der Waals surface area contributed by atoms with E-state index >= 15 is 0 Å². The molecule has 106 valence electrons. The molecular weight excluding hydrogens is 276 g/mol. The second-order valence-electron chi connectivity index (χ2n) is 4.43. The van der Waals surface area contributed by atoms with E-state index in [2.05, 4.69) is 35.7 Å². The molecule has 0 bridgehead atoms. The Kier molecular flexibility index (Phi) is 3.95. The summed E-state index contributed by atoms with van der Waals surface area (Å²) in [7, 11) is 1.78. The van der Waals surface area contributed by atoms with Crippen LogP contribution in [0.1, 0.15) is 12.8 Å². The van der Waals surface area contributed by atoms with E-state index in [1.165, 1.54) is 23.2 Å². The Bertz CT molecular complexity index is 552. The summed E-state index contributed by atoms with van der Waals surface area (Å²) < 4.78 is 1.52. The SMILES string of the molecule is CNc1nc(NC2CCCSC2)nc(-n2cncn2)n1. The Balaban J connectivity index is 1.84. The van der Waals surface area contributed by atoms with Crippen LogP contribution in [-0.4, -0.2) is 54.3 Å². The minimum Gasteiger partial charge on any atom is -0.357 e. The quantitative estimate of drug-likeness (QED) is 0.854. The summed E-state index contributed by atoms with van der Waals surface area (Å²) in [6.07, 6.45) is 5.39. The number of nitrogens with zero attached hydrogens (tertiary/aromatic N) is 6. The zero-order valence-electron chi connectivity index (χ0n) is 11.2. The molecule has 0 spiro atoms. The average molecular weight is 292 g/mol. The lowest BCUT2D eigenvalue weighted by Crippen LogP contribution is -2.27. The first-order valence-electron chi connectivity index (χ1n) is 6.48. The van der Waals surface area contributed by atoms with Gasteiger partial charge in [-0.2, -0.15) is 36.5 Å². The van der Waals surface area contributed by atoms with Gasteiger partial charge in [0.15, 0.2) is 0 Å². The van der Waals surface area contributed by atoms with Gasteiger partial charge in [-0.05, 0) is 18.6 Å². The minimum absolute atomic E-state index is 0.407. The smallest absolute Gasteiger partial charge is 0.258 e. The van der Waals surface area contributed by atoms with Crippen LogP contribution in [0.15, 0.2) is 12.7 Å². The van der Waals surface area contributed by atoms with Crippen LogP contribution in [0.5, 0.6) is 0 Å². The van der Waals surface area contributed by atoms with Gasteiger partial charge in [0.2, 0.25) is 11.9 Å². The molecule has 2 N–H and O–H groups in total. The highest BCUT2D eigenvalue weighted by Gasteiger charge is 2.16. The molecule has 0 radical (unpaired) electrons. The van der Waals surface area contributed by atoms with E-state index in [1.54, 1.807) is 13.4 Å². The average Bonchev–Trinajstić information content (AvgIpc) is 3.02. The monoisotopic (exact) mass is 292 g/mol. The topological polar surface area (TPSA) is 93.4 Å². The van der Waals surface area contributed by atoms with Crippen molar-refractivity contribution in [3.63, 3.8) is 0 Å². The predicted octanol–water partition coefficient (Wildman–Crippen LogP) is 0.801. The van der Waals surface area contributed by atoms with Crippen molar-refractivity contribution in [3.05, 3.63) is 12.7 Å². The second-order valence-corrected chi connectivity index (χ2v) is 5.58. The van der Waals surface area contributed by atoms with Crippen molar-refractivity contribution in [3.8, 4) is 5.95 Å². The number of nitrogens with one attached hydrogen (secondary N) is 2. The fourth-order valence-corrected chi connectivity index (χ4v) is 3.06. The van der Waals surface area contributed by atoms with Crippen molar-refractivity contribution in [2.45, 2.75) is 18.9 Å². The Labute approximate surface area is 120 Å². The number of anilines is 2. The molecule has 0 aliphatic carbocycles. The molecule has 0 saturated carbocycles. The van der Waals surface area contributed by atoms with Crippen molar-refractivity contribution in [2.24, 2.45) is 0 Å². The number of hydrogen-bond donors (Lipinski definition) is 2. The van der Waals surface area contributed by atoms with E-state index in [4.69, 9.17) is 0 Å². The third-order valence-corrected chi connectivity index (χ3v) is 4.18. The van der Waals surface area contributed by atoms with E-state index < -0.39 is 0 Å². The lowest BCUT2D eigenvalue weighted by molar-refractivity contribution is 0.676. The summed E-state index contributed by atoms with van der Waals surface area (Å²) >= 11 is 1.96. The maximum Gasteiger partial charge on any atom is 0.258 e. The van der Waals surface area contributed by atoms with Gasteiger partial charge in [-0.1, -0.05) is 0 Å². The van der Waals surface area contributed by atoms with Crippen LogP contribution in [0.3, 0.4) is 0 Å². The molecule has 1 atom stereocenters. The predicted molar refractivity (Wildman–Crippen MR) is 78.3 cm³/mol. The van der Waals surface area contributed by atoms with E-state index in [9.17, 15) is 0 Å². The van der Waals surface area contributed by atoms with E-state index in [1.807, 2.05) is 11.8 Å². The molecule has 8 nitrogen and oxygen atoms in total. The van der Waals surface area contributed by atoms with Crippen LogP contribution >= 0.6 is 11.8 Å². The Morgan fingerprint density at radius 3 is 2.90 bits per heavy atom. The lowest BCUT2D eigenvalue weighted by atomic mass is 10.2. The van der Waals surface area contributed by atoms with Crippen molar-refractivity contribution in [1.82, 2.24) is 29.7 Å². The van der Waals surface area contributed by atoms with Crippen LogP contribution < -0.4 is 10.6 Å². The molecule has 1 unspecified atom stereocenters. The maximum absolute atomic E-state index is 4.40. The molecule has 1 fully saturated rings. The van der Waals surface area contributed by atoms with Crippen molar-refractivity contribution >= 4 is 23.7 Å². The van der Waals surface area contributed by atoms with Crippen LogP contribution in [-0.2, 0) is 0 Å². The fourth-order valence-electron chi connectivity index (χ4n) is 1.99. The molecule has 9 heteroatoms. The van der Waals surface area contributed by atoms with E-state index in [0.29, 0.717) is 23.9 Å². The van der Waals surface area contributed by atoms with Crippen LogP contribution in [0, 0.1) is 0 Å². The highest BCUT2D eigenvalue weighted by atomic mass is 32.2. The maximum atomic E-state index is 4.40. The van der Waals surface area contributed by atoms with Gasteiger partial charge in [0.05, 0.1) is 0 Å². The molecule has 0 aromatic carbocycles. The number of hydrogen-bond acceptors (Lipinski definition) is 8. The van der Waals surface area contributed by atoms with Crippen molar-refractivity contribution in [2.75, 3.05) is 29.2 Å². The number of rotatable bonds is 4. The molecule has 1 aliphatic rings. The van der Waals surface area contributed by atoms with Crippen molar-refractivity contribution < 1.29 is 0 Å². The number of aromatic nitrogens is 6. The van der Waals surface area contributed by atoms with E-state index in [0.717, 1.165) is 12.2 Å². The Morgan fingerprint density at radius 2 is 2.20 bits per heavy atom. The van der Waals surface area contributed by atoms with Crippen molar-refractivity contribution in [1.29, 1.82) is 0 Å². The molecule has 0 amide bonds. The third kappa shape index (κ3) is 2.98. The van der Waals surface area contributed by atoms with Gasteiger partial charge in [-0.3, -0.25) is 0 Å². The highest BCUT2D eigenvalue weighted by molar-refractivity contribution is 7.99. The summed E-state index contributed by atoms with van der Waals surface area (Å²) in [5.41, 5.74) is 0. The Hall–Kier alpha value is -1.90. The summed E-state index contributed by atoms with van der Waals surface area (Å²) in [6.45, 7) is 0.